The van der Waals surface area contributed by atoms with E-state index in [4.69, 9.17) is 4.74 Å². The molecule has 0 radical (unpaired) electrons. The minimum atomic E-state index is -0.290. The summed E-state index contributed by atoms with van der Waals surface area (Å²) in [6, 6.07) is 8.73. The molecule has 0 aliphatic heterocycles. The maximum absolute atomic E-state index is 13.4. The Morgan fingerprint density at radius 1 is 1.30 bits per heavy atom. The second kappa shape index (κ2) is 8.79. The normalized spacial score (nSPS) is 25.7. The lowest BCUT2D eigenvalue weighted by Crippen LogP contribution is -2.44. The zero-order chi connectivity index (χ0) is 19.3. The van der Waals surface area contributed by atoms with Crippen LogP contribution in [0, 0.1) is 24.2 Å². The standard InChI is InChI=1S/C22H31N3O2/c1-17-4-6-18(7-5-17)8-9-19-10-11-22(2,12-13-27-3)21(26)20(19)14-25-16-23-15-24-25/h4-7,15-16,19-20H,8-14H2,1-3H3/t19-,20+,22+/m1/s1. The molecular weight excluding hydrogens is 338 g/mol. The first-order valence-electron chi connectivity index (χ1n) is 9.93. The van der Waals surface area contributed by atoms with Crippen molar-refractivity contribution in [2.45, 2.75) is 52.5 Å². The van der Waals surface area contributed by atoms with Gasteiger partial charge in [-0.15, -0.1) is 0 Å². The molecule has 1 aliphatic rings. The van der Waals surface area contributed by atoms with Crippen LogP contribution in [0.2, 0.25) is 0 Å². The summed E-state index contributed by atoms with van der Waals surface area (Å²) in [4.78, 5) is 17.5. The van der Waals surface area contributed by atoms with Crippen LogP contribution in [0.1, 0.15) is 43.7 Å². The van der Waals surface area contributed by atoms with Crippen LogP contribution in [0.4, 0.5) is 0 Å². The highest BCUT2D eigenvalue weighted by Gasteiger charge is 2.45. The fourth-order valence-corrected chi connectivity index (χ4v) is 4.28. The van der Waals surface area contributed by atoms with E-state index in [0.717, 1.165) is 32.1 Å². The molecule has 146 valence electrons. The molecule has 27 heavy (non-hydrogen) atoms. The van der Waals surface area contributed by atoms with E-state index >= 15 is 0 Å². The van der Waals surface area contributed by atoms with Gasteiger partial charge in [0.2, 0.25) is 0 Å². The van der Waals surface area contributed by atoms with Crippen LogP contribution < -0.4 is 0 Å². The average molecular weight is 370 g/mol. The van der Waals surface area contributed by atoms with Crippen molar-refractivity contribution >= 4 is 5.78 Å². The minimum absolute atomic E-state index is 0.00671. The van der Waals surface area contributed by atoms with Crippen molar-refractivity contribution in [3.8, 4) is 0 Å². The van der Waals surface area contributed by atoms with E-state index in [2.05, 4.69) is 48.2 Å². The molecular formula is C22H31N3O2. The summed E-state index contributed by atoms with van der Waals surface area (Å²) >= 11 is 0. The number of Topliss-reactive ketones (excluding diaryl/α,β-unsaturated/α-hetero) is 1. The number of nitrogens with zero attached hydrogens (tertiary/aromatic N) is 3. The van der Waals surface area contributed by atoms with Crippen molar-refractivity contribution in [3.05, 3.63) is 48.0 Å². The number of ether oxygens (including phenoxy) is 1. The van der Waals surface area contributed by atoms with Gasteiger partial charge in [0.15, 0.2) is 0 Å². The Morgan fingerprint density at radius 2 is 2.07 bits per heavy atom. The molecule has 0 bridgehead atoms. The lowest BCUT2D eigenvalue weighted by Gasteiger charge is -2.41. The highest BCUT2D eigenvalue weighted by Crippen LogP contribution is 2.43. The number of ketones is 1. The zero-order valence-electron chi connectivity index (χ0n) is 16.7. The number of aromatic nitrogens is 3. The molecule has 3 atom stereocenters. The SMILES string of the molecule is COCC[C@]1(C)CC[C@@H](CCc2ccc(C)cc2)[C@H](Cn2cncn2)C1=O. The first-order chi connectivity index (χ1) is 13.0. The Labute approximate surface area is 162 Å². The summed E-state index contributed by atoms with van der Waals surface area (Å²) in [5.41, 5.74) is 2.34. The molecule has 3 rings (SSSR count). The number of aryl methyl sites for hydroxylation is 2. The third-order valence-corrected chi connectivity index (χ3v) is 6.20. The Morgan fingerprint density at radius 3 is 2.74 bits per heavy atom. The predicted molar refractivity (Wildman–Crippen MR) is 105 cm³/mol. The Kier molecular flexibility index (Phi) is 6.42. The van der Waals surface area contributed by atoms with E-state index in [1.807, 2.05) is 4.68 Å². The van der Waals surface area contributed by atoms with Gasteiger partial charge in [-0.1, -0.05) is 36.8 Å². The zero-order valence-corrected chi connectivity index (χ0v) is 16.7. The fraction of sp³-hybridized carbons (Fsp3) is 0.591. The fourth-order valence-electron chi connectivity index (χ4n) is 4.28. The third kappa shape index (κ3) is 4.83. The van der Waals surface area contributed by atoms with Crippen molar-refractivity contribution in [2.75, 3.05) is 13.7 Å². The minimum Gasteiger partial charge on any atom is -0.385 e. The molecule has 0 spiro atoms. The second-order valence-corrected chi connectivity index (χ2v) is 8.21. The van der Waals surface area contributed by atoms with Crippen molar-refractivity contribution in [1.29, 1.82) is 0 Å². The van der Waals surface area contributed by atoms with E-state index in [9.17, 15) is 4.79 Å². The molecule has 1 aromatic heterocycles. The monoisotopic (exact) mass is 369 g/mol. The molecule has 0 saturated heterocycles. The summed E-state index contributed by atoms with van der Waals surface area (Å²) in [6.45, 7) is 5.48. The molecule has 5 heteroatoms. The topological polar surface area (TPSA) is 57.0 Å². The summed E-state index contributed by atoms with van der Waals surface area (Å²) in [7, 11) is 1.70. The Bertz CT molecular complexity index is 727. The van der Waals surface area contributed by atoms with Gasteiger partial charge in [-0.3, -0.25) is 9.48 Å². The smallest absolute Gasteiger partial charge is 0.144 e. The summed E-state index contributed by atoms with van der Waals surface area (Å²) < 4.78 is 7.07. The van der Waals surface area contributed by atoms with E-state index in [1.54, 1.807) is 19.8 Å². The van der Waals surface area contributed by atoms with Crippen LogP contribution in [0.25, 0.3) is 0 Å². The maximum atomic E-state index is 13.4. The van der Waals surface area contributed by atoms with E-state index in [0.29, 0.717) is 24.9 Å². The Balaban J connectivity index is 1.72. The van der Waals surface area contributed by atoms with E-state index < -0.39 is 0 Å². The van der Waals surface area contributed by atoms with Crippen molar-refractivity contribution in [1.82, 2.24) is 14.8 Å². The highest BCUT2D eigenvalue weighted by molar-refractivity contribution is 5.87. The van der Waals surface area contributed by atoms with Crippen molar-refractivity contribution < 1.29 is 9.53 Å². The highest BCUT2D eigenvalue weighted by atomic mass is 16.5. The largest absolute Gasteiger partial charge is 0.385 e. The number of hydrogen-bond acceptors (Lipinski definition) is 4. The summed E-state index contributed by atoms with van der Waals surface area (Å²) in [6.07, 6.45) is 8.12. The first kappa shape index (κ1) is 19.7. The maximum Gasteiger partial charge on any atom is 0.144 e. The number of benzene rings is 1. The van der Waals surface area contributed by atoms with Gasteiger partial charge >= 0.3 is 0 Å². The molecule has 0 N–H and O–H groups in total. The van der Waals surface area contributed by atoms with Crippen LogP contribution in [-0.4, -0.2) is 34.3 Å². The number of carbonyl (C=O) groups excluding carboxylic acids is 1. The molecule has 1 saturated carbocycles. The number of methoxy groups -OCH3 is 1. The molecule has 0 unspecified atom stereocenters. The van der Waals surface area contributed by atoms with Gasteiger partial charge in [-0.25, -0.2) is 4.98 Å². The molecule has 1 aliphatic carbocycles. The van der Waals surface area contributed by atoms with Gasteiger partial charge in [-0.05, 0) is 50.5 Å². The van der Waals surface area contributed by atoms with Gasteiger partial charge in [0.05, 0.1) is 6.54 Å². The van der Waals surface area contributed by atoms with Gasteiger partial charge in [0.1, 0.15) is 18.4 Å². The van der Waals surface area contributed by atoms with Gasteiger partial charge in [0.25, 0.3) is 0 Å². The van der Waals surface area contributed by atoms with Crippen LogP contribution in [-0.2, 0) is 22.5 Å². The summed E-state index contributed by atoms with van der Waals surface area (Å²) in [5, 5.41) is 4.25. The number of rotatable bonds is 8. The van der Waals surface area contributed by atoms with Crippen LogP contribution in [0.15, 0.2) is 36.9 Å². The molecule has 1 aromatic carbocycles. The molecule has 2 aromatic rings. The van der Waals surface area contributed by atoms with Crippen LogP contribution in [0.3, 0.4) is 0 Å². The number of carbonyl (C=O) groups is 1. The van der Waals surface area contributed by atoms with Crippen LogP contribution >= 0.6 is 0 Å². The lowest BCUT2D eigenvalue weighted by atomic mass is 9.63. The molecule has 1 heterocycles. The van der Waals surface area contributed by atoms with Gasteiger partial charge in [-0.2, -0.15) is 5.10 Å². The third-order valence-electron chi connectivity index (χ3n) is 6.20. The van der Waals surface area contributed by atoms with Crippen molar-refractivity contribution in [3.63, 3.8) is 0 Å². The van der Waals surface area contributed by atoms with Crippen molar-refractivity contribution in [2.24, 2.45) is 17.3 Å². The lowest BCUT2D eigenvalue weighted by molar-refractivity contribution is -0.140. The number of hydrogen-bond donors (Lipinski definition) is 0. The quantitative estimate of drug-likeness (QED) is 0.709. The molecule has 5 nitrogen and oxygen atoms in total. The van der Waals surface area contributed by atoms with Gasteiger partial charge in [0, 0.05) is 25.0 Å². The average Bonchev–Trinajstić information content (AvgIpc) is 3.18. The van der Waals surface area contributed by atoms with E-state index in [-0.39, 0.29) is 11.3 Å². The molecule has 1 fully saturated rings. The second-order valence-electron chi connectivity index (χ2n) is 8.21. The predicted octanol–water partition coefficient (Wildman–Crippen LogP) is 3.86. The summed E-state index contributed by atoms with van der Waals surface area (Å²) in [5.74, 6) is 0.751. The Hall–Kier alpha value is -2.01. The molecule has 0 amide bonds. The van der Waals surface area contributed by atoms with Crippen LogP contribution in [0.5, 0.6) is 0 Å². The first-order valence-corrected chi connectivity index (χ1v) is 9.93. The van der Waals surface area contributed by atoms with Gasteiger partial charge < -0.3 is 4.74 Å². The van der Waals surface area contributed by atoms with E-state index in [1.165, 1.54) is 11.1 Å².